The topological polar surface area (TPSA) is 51.1 Å². The number of rotatable bonds is 5. The molecule has 0 aliphatic carbocycles. The number of hydrogen-bond acceptors (Lipinski definition) is 2. The Morgan fingerprint density at radius 1 is 1.19 bits per heavy atom. The molecule has 0 saturated heterocycles. The van der Waals surface area contributed by atoms with Gasteiger partial charge in [0.2, 0.25) is 5.91 Å². The highest BCUT2D eigenvalue weighted by molar-refractivity contribution is 9.10. The summed E-state index contributed by atoms with van der Waals surface area (Å²) in [4.78, 5) is 23.3. The van der Waals surface area contributed by atoms with Crippen LogP contribution in [0.5, 0.6) is 0 Å². The maximum Gasteiger partial charge on any atom is 0.251 e. The van der Waals surface area contributed by atoms with Crippen molar-refractivity contribution in [3.8, 4) is 0 Å². The summed E-state index contributed by atoms with van der Waals surface area (Å²) in [6.07, 6.45) is 2.18. The molecule has 1 amide bonds. The number of aromatic nitrogens is 1. The summed E-state index contributed by atoms with van der Waals surface area (Å²) in [5.41, 5.74) is 0.711. The van der Waals surface area contributed by atoms with Gasteiger partial charge in [-0.1, -0.05) is 12.1 Å². The number of pyridine rings is 1. The first-order chi connectivity index (χ1) is 10.0. The second-order valence-electron chi connectivity index (χ2n) is 4.54. The van der Waals surface area contributed by atoms with Crippen LogP contribution in [0, 0.1) is 5.82 Å². The molecule has 1 heterocycles. The third-order valence-electron chi connectivity index (χ3n) is 2.91. The Balaban J connectivity index is 1.83. The number of nitrogens with zero attached hydrogens (tertiary/aromatic N) is 1. The van der Waals surface area contributed by atoms with E-state index in [0.717, 1.165) is 10.0 Å². The van der Waals surface area contributed by atoms with Crippen LogP contribution in [0.25, 0.3) is 0 Å². The second kappa shape index (κ2) is 7.17. The van der Waals surface area contributed by atoms with Crippen molar-refractivity contribution in [2.24, 2.45) is 0 Å². The first kappa shape index (κ1) is 15.4. The van der Waals surface area contributed by atoms with Crippen LogP contribution in [-0.2, 0) is 17.8 Å². The van der Waals surface area contributed by atoms with Gasteiger partial charge in [-0.2, -0.15) is 0 Å². The minimum absolute atomic E-state index is 0.0261. The molecule has 0 saturated carbocycles. The fraction of sp³-hybridized carbons (Fsp3) is 0.200. The summed E-state index contributed by atoms with van der Waals surface area (Å²) < 4.78 is 14.8. The zero-order valence-corrected chi connectivity index (χ0v) is 12.8. The van der Waals surface area contributed by atoms with Gasteiger partial charge in [0.15, 0.2) is 0 Å². The van der Waals surface area contributed by atoms with E-state index in [1.807, 2.05) is 0 Å². The molecular formula is C15H14BrFN2O2. The molecule has 21 heavy (non-hydrogen) atoms. The highest BCUT2D eigenvalue weighted by Gasteiger charge is 2.04. The van der Waals surface area contributed by atoms with Crippen molar-refractivity contribution in [3.05, 3.63) is 68.8 Å². The number of halogens is 2. The van der Waals surface area contributed by atoms with E-state index in [9.17, 15) is 14.0 Å². The molecule has 0 radical (unpaired) electrons. The van der Waals surface area contributed by atoms with Gasteiger partial charge in [-0.25, -0.2) is 4.39 Å². The minimum atomic E-state index is -0.281. The Morgan fingerprint density at radius 3 is 2.62 bits per heavy atom. The maximum atomic E-state index is 12.7. The maximum absolute atomic E-state index is 12.7. The van der Waals surface area contributed by atoms with Gasteiger partial charge in [-0.05, 0) is 46.1 Å². The van der Waals surface area contributed by atoms with Crippen molar-refractivity contribution in [1.82, 2.24) is 9.88 Å². The molecule has 0 bridgehead atoms. The van der Waals surface area contributed by atoms with Gasteiger partial charge in [0.05, 0.1) is 0 Å². The Bertz CT molecular complexity index is 683. The number of amides is 1. The number of nitrogens with one attached hydrogen (secondary N) is 1. The first-order valence-corrected chi connectivity index (χ1v) is 7.21. The van der Waals surface area contributed by atoms with Crippen molar-refractivity contribution in [2.75, 3.05) is 6.54 Å². The summed E-state index contributed by atoms with van der Waals surface area (Å²) >= 11 is 3.25. The quantitative estimate of drug-likeness (QED) is 0.895. The lowest BCUT2D eigenvalue weighted by Crippen LogP contribution is -2.33. The third kappa shape index (κ3) is 4.82. The molecule has 0 fully saturated rings. The largest absolute Gasteiger partial charge is 0.354 e. The van der Waals surface area contributed by atoms with E-state index in [4.69, 9.17) is 0 Å². The minimum Gasteiger partial charge on any atom is -0.354 e. The van der Waals surface area contributed by atoms with Gasteiger partial charge >= 0.3 is 0 Å². The van der Waals surface area contributed by atoms with Crippen LogP contribution < -0.4 is 10.9 Å². The van der Waals surface area contributed by atoms with Crippen molar-refractivity contribution in [3.63, 3.8) is 0 Å². The molecule has 110 valence electrons. The van der Waals surface area contributed by atoms with Gasteiger partial charge in [0, 0.05) is 23.3 Å². The predicted octanol–water partition coefficient (Wildman–Crippen LogP) is 2.11. The SMILES string of the molecule is O=C(Cn1cc(Br)ccc1=O)NCCc1ccc(F)cc1. The van der Waals surface area contributed by atoms with Crippen molar-refractivity contribution < 1.29 is 9.18 Å². The monoisotopic (exact) mass is 352 g/mol. The number of carbonyl (C=O) groups excluding carboxylic acids is 1. The van der Waals surface area contributed by atoms with Gasteiger partial charge in [0.25, 0.3) is 5.56 Å². The summed E-state index contributed by atoms with van der Waals surface area (Å²) in [5.74, 6) is -0.519. The molecule has 1 aromatic carbocycles. The molecular weight excluding hydrogens is 339 g/mol. The van der Waals surface area contributed by atoms with Crippen LogP contribution in [0.2, 0.25) is 0 Å². The number of benzene rings is 1. The molecule has 2 aromatic rings. The van der Waals surface area contributed by atoms with Crippen molar-refractivity contribution in [1.29, 1.82) is 0 Å². The van der Waals surface area contributed by atoms with Crippen LogP contribution in [0.1, 0.15) is 5.56 Å². The molecule has 4 nitrogen and oxygen atoms in total. The van der Waals surface area contributed by atoms with E-state index in [1.54, 1.807) is 24.4 Å². The van der Waals surface area contributed by atoms with Crippen molar-refractivity contribution in [2.45, 2.75) is 13.0 Å². The van der Waals surface area contributed by atoms with Crippen LogP contribution in [0.4, 0.5) is 4.39 Å². The lowest BCUT2D eigenvalue weighted by atomic mass is 10.1. The second-order valence-corrected chi connectivity index (χ2v) is 5.46. The highest BCUT2D eigenvalue weighted by atomic mass is 79.9. The van der Waals surface area contributed by atoms with E-state index in [-0.39, 0.29) is 23.8 Å². The number of carbonyl (C=O) groups is 1. The Morgan fingerprint density at radius 2 is 1.90 bits per heavy atom. The third-order valence-corrected chi connectivity index (χ3v) is 3.38. The smallest absolute Gasteiger partial charge is 0.251 e. The van der Waals surface area contributed by atoms with E-state index in [1.165, 1.54) is 22.8 Å². The fourth-order valence-electron chi connectivity index (χ4n) is 1.83. The zero-order chi connectivity index (χ0) is 15.2. The van der Waals surface area contributed by atoms with E-state index < -0.39 is 0 Å². The number of hydrogen-bond donors (Lipinski definition) is 1. The Labute approximate surface area is 129 Å². The van der Waals surface area contributed by atoms with E-state index in [0.29, 0.717) is 13.0 Å². The van der Waals surface area contributed by atoms with Crippen LogP contribution >= 0.6 is 15.9 Å². The van der Waals surface area contributed by atoms with Crippen LogP contribution in [0.3, 0.4) is 0 Å². The average Bonchev–Trinajstić information content (AvgIpc) is 2.45. The van der Waals surface area contributed by atoms with E-state index in [2.05, 4.69) is 21.2 Å². The molecule has 0 atom stereocenters. The van der Waals surface area contributed by atoms with Gasteiger partial charge in [-0.3, -0.25) is 9.59 Å². The lowest BCUT2D eigenvalue weighted by Gasteiger charge is -2.07. The molecule has 1 N–H and O–H groups in total. The predicted molar refractivity (Wildman–Crippen MR) is 81.5 cm³/mol. The lowest BCUT2D eigenvalue weighted by molar-refractivity contribution is -0.121. The molecule has 0 unspecified atom stereocenters. The summed E-state index contributed by atoms with van der Waals surface area (Å²) in [5, 5.41) is 2.73. The zero-order valence-electron chi connectivity index (χ0n) is 11.2. The molecule has 0 aliphatic rings. The summed E-state index contributed by atoms with van der Waals surface area (Å²) in [6.45, 7) is 0.412. The van der Waals surface area contributed by atoms with E-state index >= 15 is 0 Å². The van der Waals surface area contributed by atoms with Gasteiger partial charge < -0.3 is 9.88 Å². The molecule has 2 rings (SSSR count). The van der Waals surface area contributed by atoms with Crippen LogP contribution in [0.15, 0.2) is 51.9 Å². The van der Waals surface area contributed by atoms with Crippen LogP contribution in [-0.4, -0.2) is 17.0 Å². The Hall–Kier alpha value is -1.95. The molecule has 6 heteroatoms. The molecule has 0 spiro atoms. The summed E-state index contributed by atoms with van der Waals surface area (Å²) in [7, 11) is 0. The summed E-state index contributed by atoms with van der Waals surface area (Å²) in [6, 6.07) is 9.16. The highest BCUT2D eigenvalue weighted by Crippen LogP contribution is 2.05. The molecule has 0 aliphatic heterocycles. The van der Waals surface area contributed by atoms with Gasteiger partial charge in [-0.15, -0.1) is 0 Å². The first-order valence-electron chi connectivity index (χ1n) is 6.42. The average molecular weight is 353 g/mol. The van der Waals surface area contributed by atoms with Gasteiger partial charge in [0.1, 0.15) is 12.4 Å². The standard InChI is InChI=1S/C15H14BrFN2O2/c16-12-3-6-15(21)19(9-12)10-14(20)18-8-7-11-1-4-13(17)5-2-11/h1-6,9H,7-8,10H2,(H,18,20). The fourth-order valence-corrected chi connectivity index (χ4v) is 2.21. The van der Waals surface area contributed by atoms with Crippen molar-refractivity contribution >= 4 is 21.8 Å². The Kier molecular flexibility index (Phi) is 5.27. The normalized spacial score (nSPS) is 10.4. The molecule has 1 aromatic heterocycles.